The van der Waals surface area contributed by atoms with Gasteiger partial charge in [0.05, 0.1) is 10.5 Å². The van der Waals surface area contributed by atoms with Crippen molar-refractivity contribution in [2.75, 3.05) is 5.32 Å². The number of rotatable bonds is 5. The van der Waals surface area contributed by atoms with E-state index in [4.69, 9.17) is 9.47 Å². The highest BCUT2D eigenvalue weighted by atomic mass is 16.6. The minimum absolute atomic E-state index is 0.00522. The number of anilines is 1. The zero-order valence-corrected chi connectivity index (χ0v) is 15.2. The summed E-state index contributed by atoms with van der Waals surface area (Å²) in [7, 11) is 0. The molecule has 0 aliphatic rings. The van der Waals surface area contributed by atoms with Gasteiger partial charge >= 0.3 is 12.1 Å². The number of nitro benzene ring substituents is 1. The van der Waals surface area contributed by atoms with Crippen LogP contribution < -0.4 is 5.32 Å². The van der Waals surface area contributed by atoms with Gasteiger partial charge in [0, 0.05) is 17.8 Å². The van der Waals surface area contributed by atoms with Gasteiger partial charge in [-0.25, -0.2) is 9.59 Å². The third-order valence-electron chi connectivity index (χ3n) is 3.28. The number of carbonyl (C=O) groups is 2. The first kappa shape index (κ1) is 19.9. The molecule has 142 valence electrons. The molecule has 0 atom stereocenters. The fraction of sp³-hybridized carbons (Fsp3) is 0.263. The number of amides is 1. The lowest BCUT2D eigenvalue weighted by Crippen LogP contribution is -2.27. The molecule has 1 N–H and O–H groups in total. The first-order valence-corrected chi connectivity index (χ1v) is 8.14. The van der Waals surface area contributed by atoms with Crippen LogP contribution in [0.25, 0.3) is 0 Å². The van der Waals surface area contributed by atoms with E-state index in [-0.39, 0.29) is 12.3 Å². The van der Waals surface area contributed by atoms with Crippen LogP contribution in [0, 0.1) is 10.1 Å². The van der Waals surface area contributed by atoms with Gasteiger partial charge in [-0.05, 0) is 62.7 Å². The molecule has 8 nitrogen and oxygen atoms in total. The minimum Gasteiger partial charge on any atom is -0.457 e. The number of ether oxygens (including phenoxy) is 2. The molecule has 0 bridgehead atoms. The van der Waals surface area contributed by atoms with E-state index in [1.54, 1.807) is 32.9 Å². The van der Waals surface area contributed by atoms with Crippen molar-refractivity contribution in [3.05, 3.63) is 69.8 Å². The average Bonchev–Trinajstić information content (AvgIpc) is 2.59. The molecule has 0 aromatic heterocycles. The standard InChI is InChI=1S/C19H20N2O6/c1-19(2,3)27-18(23)20-15-8-6-14(7-9-15)17(22)26-12-13-4-10-16(11-5-13)21(24)25/h4-11H,12H2,1-3H3,(H,20,23). The summed E-state index contributed by atoms with van der Waals surface area (Å²) in [6.07, 6.45) is -0.587. The van der Waals surface area contributed by atoms with Gasteiger partial charge in [0.25, 0.3) is 5.69 Å². The molecule has 1 amide bonds. The van der Waals surface area contributed by atoms with Gasteiger partial charge in [-0.3, -0.25) is 15.4 Å². The minimum atomic E-state index is -0.605. The SMILES string of the molecule is CC(C)(C)OC(=O)Nc1ccc(C(=O)OCc2ccc([N+](=O)[O-])cc2)cc1. The summed E-state index contributed by atoms with van der Waals surface area (Å²) < 4.78 is 10.3. The van der Waals surface area contributed by atoms with E-state index in [0.717, 1.165) is 0 Å². The van der Waals surface area contributed by atoms with Gasteiger partial charge in [0.1, 0.15) is 12.2 Å². The molecule has 0 unspecified atom stereocenters. The maximum atomic E-state index is 12.1. The average molecular weight is 372 g/mol. The van der Waals surface area contributed by atoms with E-state index in [1.165, 1.54) is 36.4 Å². The number of hydrogen-bond donors (Lipinski definition) is 1. The Morgan fingerprint density at radius 2 is 1.63 bits per heavy atom. The van der Waals surface area contributed by atoms with Gasteiger partial charge in [0.15, 0.2) is 0 Å². The Kier molecular flexibility index (Phi) is 6.12. The molecule has 0 saturated heterocycles. The van der Waals surface area contributed by atoms with Crippen molar-refractivity contribution < 1.29 is 24.0 Å². The summed E-state index contributed by atoms with van der Waals surface area (Å²) in [6, 6.07) is 11.9. The third-order valence-corrected chi connectivity index (χ3v) is 3.28. The van der Waals surface area contributed by atoms with E-state index in [0.29, 0.717) is 16.8 Å². The Morgan fingerprint density at radius 1 is 1.04 bits per heavy atom. The van der Waals surface area contributed by atoms with Crippen molar-refractivity contribution in [2.24, 2.45) is 0 Å². The van der Waals surface area contributed by atoms with Gasteiger partial charge in [-0.2, -0.15) is 0 Å². The van der Waals surface area contributed by atoms with E-state index in [2.05, 4.69) is 5.32 Å². The van der Waals surface area contributed by atoms with Crippen LogP contribution in [0.5, 0.6) is 0 Å². The summed E-state index contributed by atoms with van der Waals surface area (Å²) >= 11 is 0. The number of hydrogen-bond acceptors (Lipinski definition) is 6. The normalized spacial score (nSPS) is 10.8. The van der Waals surface area contributed by atoms with Crippen molar-refractivity contribution in [3.8, 4) is 0 Å². The van der Waals surface area contributed by atoms with Crippen molar-refractivity contribution in [2.45, 2.75) is 33.0 Å². The van der Waals surface area contributed by atoms with E-state index >= 15 is 0 Å². The lowest BCUT2D eigenvalue weighted by atomic mass is 10.2. The van der Waals surface area contributed by atoms with Crippen molar-refractivity contribution in [3.63, 3.8) is 0 Å². The smallest absolute Gasteiger partial charge is 0.412 e. The molecule has 2 rings (SSSR count). The van der Waals surface area contributed by atoms with E-state index < -0.39 is 22.6 Å². The Morgan fingerprint density at radius 3 is 2.15 bits per heavy atom. The molecule has 0 spiro atoms. The molecule has 2 aromatic carbocycles. The summed E-state index contributed by atoms with van der Waals surface area (Å²) in [6.45, 7) is 5.28. The van der Waals surface area contributed by atoms with Gasteiger partial charge in [-0.1, -0.05) is 0 Å². The molecule has 8 heteroatoms. The highest BCUT2D eigenvalue weighted by Crippen LogP contribution is 2.15. The van der Waals surface area contributed by atoms with Crippen molar-refractivity contribution in [1.82, 2.24) is 0 Å². The van der Waals surface area contributed by atoms with Crippen LogP contribution in [0.2, 0.25) is 0 Å². The van der Waals surface area contributed by atoms with Gasteiger partial charge in [-0.15, -0.1) is 0 Å². The molecule has 0 saturated carbocycles. The number of benzene rings is 2. The van der Waals surface area contributed by atoms with E-state index in [1.807, 2.05) is 0 Å². The number of carbonyl (C=O) groups excluding carboxylic acids is 2. The van der Waals surface area contributed by atoms with Crippen molar-refractivity contribution >= 4 is 23.4 Å². The van der Waals surface area contributed by atoms with Crippen LogP contribution in [-0.2, 0) is 16.1 Å². The maximum Gasteiger partial charge on any atom is 0.412 e. The molecule has 0 aliphatic heterocycles. The van der Waals surface area contributed by atoms with Crippen LogP contribution in [0.1, 0.15) is 36.7 Å². The second kappa shape index (κ2) is 8.31. The van der Waals surface area contributed by atoms with Crippen LogP contribution in [0.3, 0.4) is 0 Å². The predicted molar refractivity (Wildman–Crippen MR) is 98.5 cm³/mol. The van der Waals surface area contributed by atoms with Gasteiger partial charge < -0.3 is 9.47 Å². The van der Waals surface area contributed by atoms with Crippen LogP contribution >= 0.6 is 0 Å². The number of non-ortho nitro benzene ring substituents is 1. The fourth-order valence-corrected chi connectivity index (χ4v) is 2.06. The lowest BCUT2D eigenvalue weighted by Gasteiger charge is -2.19. The second-order valence-corrected chi connectivity index (χ2v) is 6.70. The van der Waals surface area contributed by atoms with E-state index in [9.17, 15) is 19.7 Å². The molecule has 2 aromatic rings. The zero-order valence-electron chi connectivity index (χ0n) is 15.2. The Bertz CT molecular complexity index is 823. The number of esters is 1. The topological polar surface area (TPSA) is 108 Å². The highest BCUT2D eigenvalue weighted by Gasteiger charge is 2.16. The molecule has 27 heavy (non-hydrogen) atoms. The number of nitro groups is 1. The van der Waals surface area contributed by atoms with Gasteiger partial charge in [0.2, 0.25) is 0 Å². The number of nitrogens with zero attached hydrogens (tertiary/aromatic N) is 1. The van der Waals surface area contributed by atoms with Crippen LogP contribution in [-0.4, -0.2) is 22.6 Å². The van der Waals surface area contributed by atoms with Crippen LogP contribution in [0.4, 0.5) is 16.2 Å². The predicted octanol–water partition coefficient (Wildman–Crippen LogP) is 4.30. The molecular formula is C19H20N2O6. The molecule has 0 aliphatic carbocycles. The summed E-state index contributed by atoms with van der Waals surface area (Å²) in [5.41, 5.74) is 0.796. The first-order chi connectivity index (χ1) is 12.6. The summed E-state index contributed by atoms with van der Waals surface area (Å²) in [4.78, 5) is 33.9. The summed E-state index contributed by atoms with van der Waals surface area (Å²) in [5.74, 6) is -0.544. The largest absolute Gasteiger partial charge is 0.457 e. The first-order valence-electron chi connectivity index (χ1n) is 8.14. The second-order valence-electron chi connectivity index (χ2n) is 6.70. The van der Waals surface area contributed by atoms with Crippen LogP contribution in [0.15, 0.2) is 48.5 Å². The third kappa shape index (κ3) is 6.43. The monoisotopic (exact) mass is 372 g/mol. The molecular weight excluding hydrogens is 352 g/mol. The highest BCUT2D eigenvalue weighted by molar-refractivity contribution is 5.91. The molecule has 0 heterocycles. The Hall–Kier alpha value is -3.42. The molecule has 0 fully saturated rings. The quantitative estimate of drug-likeness (QED) is 0.476. The maximum absolute atomic E-state index is 12.1. The summed E-state index contributed by atoms with van der Waals surface area (Å²) in [5, 5.41) is 13.2. The lowest BCUT2D eigenvalue weighted by molar-refractivity contribution is -0.384. The molecule has 0 radical (unpaired) electrons. The zero-order chi connectivity index (χ0) is 20.0. The van der Waals surface area contributed by atoms with Crippen molar-refractivity contribution in [1.29, 1.82) is 0 Å². The number of nitrogens with one attached hydrogen (secondary N) is 1. The Balaban J connectivity index is 1.89. The fourth-order valence-electron chi connectivity index (χ4n) is 2.06. The Labute approximate surface area is 156 Å².